The molecular weight excluding hydrogens is 306 g/mol. The Hall–Kier alpha value is -3.15. The highest BCUT2D eigenvalue weighted by Gasteiger charge is 2.12. The van der Waals surface area contributed by atoms with Gasteiger partial charge in [-0.3, -0.25) is 4.79 Å². The quantitative estimate of drug-likeness (QED) is 0.780. The number of hydrogen-bond donors (Lipinski definition) is 1. The summed E-state index contributed by atoms with van der Waals surface area (Å²) < 4.78 is 10.3. The zero-order chi connectivity index (χ0) is 16.9. The minimum Gasteiger partial charge on any atom is -0.497 e. The second kappa shape index (κ2) is 6.95. The summed E-state index contributed by atoms with van der Waals surface area (Å²) in [6, 6.07) is 14.8. The summed E-state index contributed by atoms with van der Waals surface area (Å²) in [5.41, 5.74) is 2.62. The van der Waals surface area contributed by atoms with Crippen LogP contribution >= 0.6 is 0 Å². The smallest absolute Gasteiger partial charge is 0.257 e. The van der Waals surface area contributed by atoms with Crippen LogP contribution in [0.1, 0.15) is 11.4 Å². The van der Waals surface area contributed by atoms with Crippen LogP contribution in [-0.2, 0) is 11.2 Å². The Kier molecular flexibility index (Phi) is 4.56. The monoisotopic (exact) mass is 323 g/mol. The lowest BCUT2D eigenvalue weighted by Gasteiger charge is -2.04. The number of hydrogen-bond acceptors (Lipinski definition) is 5. The number of aryl methyl sites for hydroxylation is 1. The van der Waals surface area contributed by atoms with Gasteiger partial charge in [0.1, 0.15) is 5.75 Å². The minimum atomic E-state index is -0.211. The third kappa shape index (κ3) is 3.78. The van der Waals surface area contributed by atoms with Crippen LogP contribution in [0.4, 0.5) is 5.69 Å². The van der Waals surface area contributed by atoms with Crippen molar-refractivity contribution < 1.29 is 14.1 Å². The molecule has 0 aliphatic carbocycles. The van der Waals surface area contributed by atoms with Gasteiger partial charge >= 0.3 is 0 Å². The van der Waals surface area contributed by atoms with Crippen molar-refractivity contribution in [2.24, 2.45) is 0 Å². The van der Waals surface area contributed by atoms with Crippen molar-refractivity contribution in [3.05, 3.63) is 59.9 Å². The number of carbonyl (C=O) groups excluding carboxylic acids is 1. The van der Waals surface area contributed by atoms with Crippen LogP contribution in [0.25, 0.3) is 11.5 Å². The molecule has 0 unspecified atom stereocenters. The predicted molar refractivity (Wildman–Crippen MR) is 89.8 cm³/mol. The summed E-state index contributed by atoms with van der Waals surface area (Å²) in [6.45, 7) is 1.99. The second-order valence-electron chi connectivity index (χ2n) is 5.34. The lowest BCUT2D eigenvalue weighted by molar-refractivity contribution is -0.115. The Labute approximate surface area is 139 Å². The third-order valence-electron chi connectivity index (χ3n) is 3.43. The molecule has 0 fully saturated rings. The summed E-state index contributed by atoms with van der Waals surface area (Å²) in [7, 11) is 1.59. The van der Waals surface area contributed by atoms with Gasteiger partial charge in [0.05, 0.1) is 13.5 Å². The molecule has 0 spiro atoms. The fraction of sp³-hybridized carbons (Fsp3) is 0.167. The first-order valence-electron chi connectivity index (χ1n) is 7.47. The molecule has 0 aliphatic heterocycles. The molecule has 0 atom stereocenters. The average Bonchev–Trinajstić information content (AvgIpc) is 3.04. The zero-order valence-electron chi connectivity index (χ0n) is 13.4. The van der Waals surface area contributed by atoms with E-state index in [2.05, 4.69) is 15.5 Å². The lowest BCUT2D eigenvalue weighted by atomic mass is 10.1. The topological polar surface area (TPSA) is 77.2 Å². The van der Waals surface area contributed by atoms with Gasteiger partial charge in [-0.1, -0.05) is 22.9 Å². The highest BCUT2D eigenvalue weighted by Crippen LogP contribution is 2.19. The molecule has 6 nitrogen and oxygen atoms in total. The maximum absolute atomic E-state index is 12.1. The largest absolute Gasteiger partial charge is 0.497 e. The first kappa shape index (κ1) is 15.7. The fourth-order valence-electron chi connectivity index (χ4n) is 2.24. The van der Waals surface area contributed by atoms with E-state index < -0.39 is 0 Å². The predicted octanol–water partition coefficient (Wildman–Crippen LogP) is 3.23. The molecule has 2 aromatic carbocycles. The van der Waals surface area contributed by atoms with Crippen molar-refractivity contribution in [2.75, 3.05) is 12.4 Å². The molecule has 24 heavy (non-hydrogen) atoms. The van der Waals surface area contributed by atoms with Crippen LogP contribution in [0.5, 0.6) is 5.75 Å². The van der Waals surface area contributed by atoms with Gasteiger partial charge in [0.25, 0.3) is 5.89 Å². The van der Waals surface area contributed by atoms with Gasteiger partial charge in [-0.2, -0.15) is 4.98 Å². The molecule has 1 amide bonds. The number of aromatic nitrogens is 2. The van der Waals surface area contributed by atoms with E-state index in [4.69, 9.17) is 9.26 Å². The average molecular weight is 323 g/mol. The zero-order valence-corrected chi connectivity index (χ0v) is 13.4. The van der Waals surface area contributed by atoms with E-state index in [-0.39, 0.29) is 12.3 Å². The molecule has 0 radical (unpaired) electrons. The lowest BCUT2D eigenvalue weighted by Crippen LogP contribution is -2.15. The number of anilines is 1. The fourth-order valence-corrected chi connectivity index (χ4v) is 2.24. The molecule has 1 N–H and O–H groups in total. The SMILES string of the molecule is COc1ccc(NC(=O)Cc2noc(-c3cccc(C)c3)n2)cc1. The standard InChI is InChI=1S/C18H17N3O3/c1-12-4-3-5-13(10-12)18-20-16(21-24-18)11-17(22)19-14-6-8-15(23-2)9-7-14/h3-10H,11H2,1-2H3,(H,19,22). The minimum absolute atomic E-state index is 0.0430. The molecule has 3 rings (SSSR count). The number of nitrogens with one attached hydrogen (secondary N) is 1. The molecule has 0 aliphatic rings. The summed E-state index contributed by atoms with van der Waals surface area (Å²) >= 11 is 0. The number of benzene rings is 2. The third-order valence-corrected chi connectivity index (χ3v) is 3.43. The van der Waals surface area contributed by atoms with Gasteiger partial charge in [0, 0.05) is 11.3 Å². The van der Waals surface area contributed by atoms with Crippen molar-refractivity contribution in [1.82, 2.24) is 10.1 Å². The molecule has 122 valence electrons. The van der Waals surface area contributed by atoms with Crippen molar-refractivity contribution in [2.45, 2.75) is 13.3 Å². The number of carbonyl (C=O) groups is 1. The highest BCUT2D eigenvalue weighted by molar-refractivity contribution is 5.91. The first-order chi connectivity index (χ1) is 11.6. The number of rotatable bonds is 5. The molecule has 0 saturated carbocycles. The van der Waals surface area contributed by atoms with Gasteiger partial charge < -0.3 is 14.6 Å². The normalized spacial score (nSPS) is 10.4. The Morgan fingerprint density at radius 1 is 1.21 bits per heavy atom. The van der Waals surface area contributed by atoms with Crippen molar-refractivity contribution in [3.63, 3.8) is 0 Å². The van der Waals surface area contributed by atoms with Crippen LogP contribution in [0.15, 0.2) is 53.1 Å². The second-order valence-corrected chi connectivity index (χ2v) is 5.34. The summed E-state index contributed by atoms with van der Waals surface area (Å²) in [5.74, 6) is 1.27. The number of nitrogens with zero attached hydrogens (tertiary/aromatic N) is 2. The summed E-state index contributed by atoms with van der Waals surface area (Å²) in [6.07, 6.45) is 0.0430. The Morgan fingerprint density at radius 2 is 2.00 bits per heavy atom. The van der Waals surface area contributed by atoms with E-state index in [0.717, 1.165) is 16.9 Å². The Morgan fingerprint density at radius 3 is 2.71 bits per heavy atom. The number of methoxy groups -OCH3 is 1. The van der Waals surface area contributed by atoms with Gasteiger partial charge in [0.2, 0.25) is 5.91 Å². The molecule has 6 heteroatoms. The number of ether oxygens (including phenoxy) is 1. The van der Waals surface area contributed by atoms with Gasteiger partial charge in [-0.15, -0.1) is 0 Å². The Bertz CT molecular complexity index is 841. The summed E-state index contributed by atoms with van der Waals surface area (Å²) in [4.78, 5) is 16.3. The van der Waals surface area contributed by atoms with Crippen LogP contribution in [0.2, 0.25) is 0 Å². The molecule has 0 saturated heterocycles. The molecule has 3 aromatic rings. The summed E-state index contributed by atoms with van der Waals surface area (Å²) in [5, 5.41) is 6.65. The maximum Gasteiger partial charge on any atom is 0.257 e. The van der Waals surface area contributed by atoms with Crippen LogP contribution < -0.4 is 10.1 Å². The maximum atomic E-state index is 12.1. The van der Waals surface area contributed by atoms with Crippen LogP contribution in [0.3, 0.4) is 0 Å². The van der Waals surface area contributed by atoms with E-state index >= 15 is 0 Å². The number of amides is 1. The Balaban J connectivity index is 1.64. The molecule has 1 heterocycles. The molecular formula is C18H17N3O3. The van der Waals surface area contributed by atoms with Crippen molar-refractivity contribution >= 4 is 11.6 Å². The molecule has 1 aromatic heterocycles. The van der Waals surface area contributed by atoms with Gasteiger partial charge in [-0.25, -0.2) is 0 Å². The first-order valence-corrected chi connectivity index (χ1v) is 7.47. The van der Waals surface area contributed by atoms with Crippen LogP contribution in [-0.4, -0.2) is 23.2 Å². The van der Waals surface area contributed by atoms with Gasteiger partial charge in [0.15, 0.2) is 5.82 Å². The van der Waals surface area contributed by atoms with E-state index in [1.165, 1.54) is 0 Å². The van der Waals surface area contributed by atoms with Gasteiger partial charge in [-0.05, 0) is 43.3 Å². The van der Waals surface area contributed by atoms with Crippen molar-refractivity contribution in [1.29, 1.82) is 0 Å². The van der Waals surface area contributed by atoms with E-state index in [1.807, 2.05) is 31.2 Å². The van der Waals surface area contributed by atoms with Crippen molar-refractivity contribution in [3.8, 4) is 17.2 Å². The van der Waals surface area contributed by atoms with E-state index in [9.17, 15) is 4.79 Å². The van der Waals surface area contributed by atoms with E-state index in [1.54, 1.807) is 31.4 Å². The van der Waals surface area contributed by atoms with Crippen LogP contribution in [0, 0.1) is 6.92 Å². The highest BCUT2D eigenvalue weighted by atomic mass is 16.5. The van der Waals surface area contributed by atoms with E-state index in [0.29, 0.717) is 17.4 Å². The molecule has 0 bridgehead atoms.